The van der Waals surface area contributed by atoms with E-state index in [0.29, 0.717) is 0 Å². The second-order valence-electron chi connectivity index (χ2n) is 3.83. The minimum Gasteiger partial charge on any atom is -0.478 e. The van der Waals surface area contributed by atoms with Crippen molar-refractivity contribution < 1.29 is 22.7 Å². The van der Waals surface area contributed by atoms with Crippen LogP contribution in [0.4, 0.5) is 4.39 Å². The number of nitrogens with zero attached hydrogens (tertiary/aromatic N) is 2. The monoisotopic (exact) mass is 284 g/mol. The van der Waals surface area contributed by atoms with Crippen LogP contribution in [0.2, 0.25) is 0 Å². The van der Waals surface area contributed by atoms with E-state index in [0.717, 1.165) is 29.4 Å². The lowest BCUT2D eigenvalue weighted by Crippen LogP contribution is -2.08. The van der Waals surface area contributed by atoms with E-state index in [1.165, 1.54) is 12.1 Å². The highest BCUT2D eigenvalue weighted by atomic mass is 32.2. The van der Waals surface area contributed by atoms with Crippen molar-refractivity contribution in [3.05, 3.63) is 42.0 Å². The van der Waals surface area contributed by atoms with E-state index in [4.69, 9.17) is 5.11 Å². The summed E-state index contributed by atoms with van der Waals surface area (Å²) in [5.74, 6) is -2.37. The summed E-state index contributed by atoms with van der Waals surface area (Å²) in [5, 5.41) is 12.7. The minimum atomic E-state index is -3.46. The van der Waals surface area contributed by atoms with Crippen LogP contribution in [0.5, 0.6) is 0 Å². The zero-order valence-corrected chi connectivity index (χ0v) is 10.6. The molecule has 1 aromatic carbocycles. The van der Waals surface area contributed by atoms with Crippen LogP contribution in [0.15, 0.2) is 35.5 Å². The number of aromatic carboxylic acids is 1. The summed E-state index contributed by atoms with van der Waals surface area (Å²) >= 11 is 0. The molecule has 0 fully saturated rings. The molecule has 0 radical (unpaired) electrons. The van der Waals surface area contributed by atoms with Crippen LogP contribution in [0.3, 0.4) is 0 Å². The summed E-state index contributed by atoms with van der Waals surface area (Å²) in [6, 6.07) is 3.67. The van der Waals surface area contributed by atoms with Gasteiger partial charge >= 0.3 is 5.97 Å². The number of carboxylic acid groups (broad SMARTS) is 1. The van der Waals surface area contributed by atoms with Gasteiger partial charge in [0.15, 0.2) is 9.84 Å². The number of rotatable bonds is 3. The van der Waals surface area contributed by atoms with Crippen LogP contribution in [0, 0.1) is 5.82 Å². The second kappa shape index (κ2) is 4.47. The van der Waals surface area contributed by atoms with Gasteiger partial charge in [0.2, 0.25) is 0 Å². The highest BCUT2D eigenvalue weighted by Gasteiger charge is 2.19. The molecular weight excluding hydrogens is 275 g/mol. The molecule has 1 N–H and O–H groups in total. The number of hydrogen-bond donors (Lipinski definition) is 1. The molecule has 0 amide bonds. The number of carboxylic acids is 1. The van der Waals surface area contributed by atoms with Crippen molar-refractivity contribution in [3.8, 4) is 5.69 Å². The second-order valence-corrected chi connectivity index (χ2v) is 5.85. The molecule has 6 nitrogen and oxygen atoms in total. The molecule has 0 unspecified atom stereocenters. The third-order valence-electron chi connectivity index (χ3n) is 2.44. The summed E-state index contributed by atoms with van der Waals surface area (Å²) in [5.41, 5.74) is -0.604. The SMILES string of the molecule is CS(=O)(=O)c1cnn(-c2cccc(F)c2C(=O)O)c1. The Balaban J connectivity index is 2.63. The van der Waals surface area contributed by atoms with Gasteiger partial charge in [0.25, 0.3) is 0 Å². The first kappa shape index (κ1) is 13.2. The van der Waals surface area contributed by atoms with Gasteiger partial charge in [0.1, 0.15) is 16.3 Å². The Morgan fingerprint density at radius 1 is 1.42 bits per heavy atom. The zero-order valence-electron chi connectivity index (χ0n) is 9.74. The smallest absolute Gasteiger partial charge is 0.340 e. The standard InChI is InChI=1S/C11H9FN2O4S/c1-19(17,18)7-5-13-14(6-7)9-4-2-3-8(12)10(9)11(15)16/h2-6H,1H3,(H,15,16). The van der Waals surface area contributed by atoms with Crippen LogP contribution in [-0.2, 0) is 9.84 Å². The molecular formula is C11H9FN2O4S. The number of hydrogen-bond acceptors (Lipinski definition) is 4. The molecule has 0 aliphatic rings. The van der Waals surface area contributed by atoms with Gasteiger partial charge < -0.3 is 5.11 Å². The van der Waals surface area contributed by atoms with Crippen molar-refractivity contribution in [3.63, 3.8) is 0 Å². The molecule has 0 bridgehead atoms. The lowest BCUT2D eigenvalue weighted by Gasteiger charge is -2.06. The average Bonchev–Trinajstić information content (AvgIpc) is 2.76. The van der Waals surface area contributed by atoms with Crippen LogP contribution in [-0.4, -0.2) is 35.5 Å². The Morgan fingerprint density at radius 2 is 2.11 bits per heavy atom. The Bertz CT molecular complexity index is 752. The normalized spacial score (nSPS) is 11.5. The van der Waals surface area contributed by atoms with E-state index in [1.54, 1.807) is 0 Å². The largest absolute Gasteiger partial charge is 0.478 e. The molecule has 1 heterocycles. The topological polar surface area (TPSA) is 89.3 Å². The maximum absolute atomic E-state index is 13.5. The van der Waals surface area contributed by atoms with Gasteiger partial charge in [-0.15, -0.1) is 0 Å². The van der Waals surface area contributed by atoms with Gasteiger partial charge in [0.05, 0.1) is 11.9 Å². The van der Waals surface area contributed by atoms with Crippen LogP contribution in [0.25, 0.3) is 5.69 Å². The number of halogens is 1. The fourth-order valence-electron chi connectivity index (χ4n) is 1.54. The molecule has 0 atom stereocenters. The predicted octanol–water partition coefficient (Wildman–Crippen LogP) is 1.11. The molecule has 0 aliphatic heterocycles. The lowest BCUT2D eigenvalue weighted by atomic mass is 10.1. The molecule has 1 aromatic heterocycles. The summed E-state index contributed by atoms with van der Waals surface area (Å²) in [4.78, 5) is 10.9. The van der Waals surface area contributed by atoms with E-state index in [2.05, 4.69) is 5.10 Å². The number of sulfone groups is 1. The van der Waals surface area contributed by atoms with E-state index in [9.17, 15) is 17.6 Å². The first-order valence-corrected chi connectivity index (χ1v) is 6.97. The molecule has 0 aliphatic carbocycles. The minimum absolute atomic E-state index is 0.0394. The quantitative estimate of drug-likeness (QED) is 0.912. The molecule has 2 rings (SSSR count). The predicted molar refractivity (Wildman–Crippen MR) is 63.6 cm³/mol. The highest BCUT2D eigenvalue weighted by molar-refractivity contribution is 7.90. The van der Waals surface area contributed by atoms with E-state index < -0.39 is 27.2 Å². The molecule has 100 valence electrons. The lowest BCUT2D eigenvalue weighted by molar-refractivity contribution is 0.0691. The van der Waals surface area contributed by atoms with Crippen molar-refractivity contribution in [1.82, 2.24) is 9.78 Å². The van der Waals surface area contributed by atoms with Crippen LogP contribution >= 0.6 is 0 Å². The van der Waals surface area contributed by atoms with Crippen molar-refractivity contribution in [2.45, 2.75) is 4.90 Å². The third-order valence-corrected chi connectivity index (χ3v) is 3.51. The number of benzene rings is 1. The van der Waals surface area contributed by atoms with Crippen molar-refractivity contribution >= 4 is 15.8 Å². The maximum Gasteiger partial charge on any atom is 0.340 e. The van der Waals surface area contributed by atoms with Gasteiger partial charge in [-0.2, -0.15) is 5.10 Å². The van der Waals surface area contributed by atoms with Crippen molar-refractivity contribution in [1.29, 1.82) is 0 Å². The summed E-state index contributed by atoms with van der Waals surface area (Å²) < 4.78 is 37.1. The first-order valence-electron chi connectivity index (χ1n) is 5.07. The average molecular weight is 284 g/mol. The molecule has 2 aromatic rings. The highest BCUT2D eigenvalue weighted by Crippen LogP contribution is 2.19. The van der Waals surface area contributed by atoms with Gasteiger partial charge in [-0.05, 0) is 12.1 Å². The Morgan fingerprint density at radius 3 is 2.63 bits per heavy atom. The molecule has 8 heteroatoms. The van der Waals surface area contributed by atoms with E-state index in [1.807, 2.05) is 0 Å². The fourth-order valence-corrected chi connectivity index (χ4v) is 2.07. The Hall–Kier alpha value is -2.22. The van der Waals surface area contributed by atoms with Gasteiger partial charge in [-0.1, -0.05) is 6.07 Å². The summed E-state index contributed by atoms with van der Waals surface area (Å²) in [6.45, 7) is 0. The van der Waals surface area contributed by atoms with Gasteiger partial charge in [-0.3, -0.25) is 0 Å². The summed E-state index contributed by atoms with van der Waals surface area (Å²) in [7, 11) is -3.46. The molecule has 19 heavy (non-hydrogen) atoms. The van der Waals surface area contributed by atoms with Crippen molar-refractivity contribution in [2.24, 2.45) is 0 Å². The summed E-state index contributed by atoms with van der Waals surface area (Å²) in [6.07, 6.45) is 3.21. The third kappa shape index (κ3) is 2.48. The van der Waals surface area contributed by atoms with Crippen LogP contribution in [0.1, 0.15) is 10.4 Å². The Labute approximate surface area is 108 Å². The molecule has 0 saturated heterocycles. The molecule has 0 spiro atoms. The maximum atomic E-state index is 13.5. The van der Waals surface area contributed by atoms with E-state index >= 15 is 0 Å². The Kier molecular flexibility index (Phi) is 3.11. The fraction of sp³-hybridized carbons (Fsp3) is 0.0909. The number of carbonyl (C=O) groups is 1. The molecule has 0 saturated carbocycles. The number of aromatic nitrogens is 2. The van der Waals surface area contributed by atoms with Gasteiger partial charge in [-0.25, -0.2) is 22.3 Å². The first-order chi connectivity index (χ1) is 8.80. The van der Waals surface area contributed by atoms with Crippen molar-refractivity contribution in [2.75, 3.05) is 6.26 Å². The van der Waals surface area contributed by atoms with E-state index in [-0.39, 0.29) is 10.6 Å². The van der Waals surface area contributed by atoms with Gasteiger partial charge in [0, 0.05) is 12.5 Å². The zero-order chi connectivity index (χ0) is 14.2. The van der Waals surface area contributed by atoms with Crippen LogP contribution < -0.4 is 0 Å².